The summed E-state index contributed by atoms with van der Waals surface area (Å²) in [5.74, 6) is 0.852. The summed E-state index contributed by atoms with van der Waals surface area (Å²) in [5.41, 5.74) is 0.395. The molecule has 2 N–H and O–H groups in total. The Kier molecular flexibility index (Phi) is 3.76. The molecule has 3 atom stereocenters. The molecule has 0 aromatic carbocycles. The molecule has 0 radical (unpaired) electrons. The van der Waals surface area contributed by atoms with E-state index in [1.165, 1.54) is 12.8 Å². The third-order valence-electron chi connectivity index (χ3n) is 4.22. The van der Waals surface area contributed by atoms with Crippen molar-refractivity contribution in [3.63, 3.8) is 0 Å². The molecule has 98 valence electrons. The van der Waals surface area contributed by atoms with Crippen LogP contribution in [0.25, 0.3) is 0 Å². The molecule has 0 spiro atoms. The molecule has 3 nitrogen and oxygen atoms in total. The lowest BCUT2D eigenvalue weighted by molar-refractivity contribution is -0.124. The van der Waals surface area contributed by atoms with Crippen molar-refractivity contribution < 1.29 is 4.79 Å². The van der Waals surface area contributed by atoms with Crippen molar-refractivity contribution in [1.29, 1.82) is 0 Å². The van der Waals surface area contributed by atoms with E-state index in [9.17, 15) is 4.79 Å². The molecule has 2 fully saturated rings. The maximum absolute atomic E-state index is 12.1. The lowest BCUT2D eigenvalue weighted by Gasteiger charge is -2.36. The van der Waals surface area contributed by atoms with Gasteiger partial charge in [-0.05, 0) is 43.6 Å². The molecule has 0 aromatic rings. The number of carbonyl (C=O) groups is 1. The number of hydrogen-bond donors (Lipinski definition) is 2. The minimum atomic E-state index is 0.0510. The second-order valence-corrected chi connectivity index (χ2v) is 6.77. The zero-order chi connectivity index (χ0) is 12.5. The molecule has 1 saturated carbocycles. The van der Waals surface area contributed by atoms with Crippen molar-refractivity contribution in [2.75, 3.05) is 6.54 Å². The molecule has 0 bridgehead atoms. The largest absolute Gasteiger partial charge is 0.352 e. The lowest BCUT2D eigenvalue weighted by atomic mass is 9.75. The predicted octanol–water partition coefficient (Wildman–Crippen LogP) is 2.07. The van der Waals surface area contributed by atoms with Crippen molar-refractivity contribution >= 4 is 5.91 Å². The van der Waals surface area contributed by atoms with Crippen LogP contribution in [0.5, 0.6) is 0 Å². The summed E-state index contributed by atoms with van der Waals surface area (Å²) in [4.78, 5) is 12.1. The van der Waals surface area contributed by atoms with Gasteiger partial charge < -0.3 is 10.6 Å². The van der Waals surface area contributed by atoms with Gasteiger partial charge in [-0.25, -0.2) is 0 Å². The van der Waals surface area contributed by atoms with Crippen LogP contribution in [-0.2, 0) is 4.79 Å². The average molecular weight is 238 g/mol. The minimum absolute atomic E-state index is 0.0510. The Bertz CT molecular complexity index is 288. The summed E-state index contributed by atoms with van der Waals surface area (Å²) in [7, 11) is 0. The number of amides is 1. The SMILES string of the molecule is CC1CNC(C(=O)NC2CCCC(C)(C)C2)C1. The maximum Gasteiger partial charge on any atom is 0.237 e. The first-order chi connectivity index (χ1) is 7.96. The average Bonchev–Trinajstić information content (AvgIpc) is 2.63. The molecule has 1 amide bonds. The van der Waals surface area contributed by atoms with E-state index in [4.69, 9.17) is 0 Å². The van der Waals surface area contributed by atoms with E-state index in [-0.39, 0.29) is 11.9 Å². The Morgan fingerprint density at radius 1 is 1.41 bits per heavy atom. The molecule has 3 unspecified atom stereocenters. The molecule has 2 aliphatic rings. The molecule has 1 heterocycles. The van der Waals surface area contributed by atoms with Crippen LogP contribution in [0, 0.1) is 11.3 Å². The van der Waals surface area contributed by atoms with Gasteiger partial charge in [0.15, 0.2) is 0 Å². The minimum Gasteiger partial charge on any atom is -0.352 e. The summed E-state index contributed by atoms with van der Waals surface area (Å²) in [5, 5.41) is 6.54. The molecule has 3 heteroatoms. The van der Waals surface area contributed by atoms with Crippen molar-refractivity contribution in [2.45, 2.75) is 65.0 Å². The Labute approximate surface area is 105 Å². The number of hydrogen-bond acceptors (Lipinski definition) is 2. The Hall–Kier alpha value is -0.570. The fraction of sp³-hybridized carbons (Fsp3) is 0.929. The van der Waals surface area contributed by atoms with Crippen LogP contribution < -0.4 is 10.6 Å². The van der Waals surface area contributed by atoms with Crippen LogP contribution in [-0.4, -0.2) is 24.5 Å². The molecule has 1 aliphatic carbocycles. The van der Waals surface area contributed by atoms with Crippen LogP contribution in [0.2, 0.25) is 0 Å². The molecule has 1 aliphatic heterocycles. The first-order valence-electron chi connectivity index (χ1n) is 7.00. The lowest BCUT2D eigenvalue weighted by Crippen LogP contribution is -2.47. The molecule has 17 heavy (non-hydrogen) atoms. The van der Waals surface area contributed by atoms with Crippen LogP contribution in [0.3, 0.4) is 0 Å². The standard InChI is InChI=1S/C14H26N2O/c1-10-7-12(15-9-10)13(17)16-11-5-4-6-14(2,3)8-11/h10-12,15H,4-9H2,1-3H3,(H,16,17). The van der Waals surface area contributed by atoms with Gasteiger partial charge in [0.05, 0.1) is 6.04 Å². The van der Waals surface area contributed by atoms with Crippen molar-refractivity contribution in [3.8, 4) is 0 Å². The van der Waals surface area contributed by atoms with Crippen LogP contribution in [0.4, 0.5) is 0 Å². The summed E-state index contributed by atoms with van der Waals surface area (Å²) >= 11 is 0. The van der Waals surface area contributed by atoms with E-state index in [1.54, 1.807) is 0 Å². The molecule has 0 aromatic heterocycles. The van der Waals surface area contributed by atoms with Gasteiger partial charge >= 0.3 is 0 Å². The van der Waals surface area contributed by atoms with E-state index in [0.717, 1.165) is 25.8 Å². The maximum atomic E-state index is 12.1. The summed E-state index contributed by atoms with van der Waals surface area (Å²) in [6.45, 7) is 7.79. The Morgan fingerprint density at radius 3 is 2.76 bits per heavy atom. The van der Waals surface area contributed by atoms with Crippen molar-refractivity contribution in [3.05, 3.63) is 0 Å². The third-order valence-corrected chi connectivity index (χ3v) is 4.22. The van der Waals surface area contributed by atoms with Gasteiger partial charge in [-0.2, -0.15) is 0 Å². The third kappa shape index (κ3) is 3.44. The second-order valence-electron chi connectivity index (χ2n) is 6.77. The van der Waals surface area contributed by atoms with E-state index >= 15 is 0 Å². The van der Waals surface area contributed by atoms with Gasteiger partial charge in [0.1, 0.15) is 0 Å². The van der Waals surface area contributed by atoms with Crippen molar-refractivity contribution in [1.82, 2.24) is 10.6 Å². The van der Waals surface area contributed by atoms with Crippen LogP contribution in [0.1, 0.15) is 52.9 Å². The van der Waals surface area contributed by atoms with Gasteiger partial charge in [-0.3, -0.25) is 4.79 Å². The van der Waals surface area contributed by atoms with Crippen LogP contribution in [0.15, 0.2) is 0 Å². The predicted molar refractivity (Wildman–Crippen MR) is 69.8 cm³/mol. The smallest absolute Gasteiger partial charge is 0.237 e. The van der Waals surface area contributed by atoms with Gasteiger partial charge in [-0.1, -0.05) is 27.2 Å². The summed E-state index contributed by atoms with van der Waals surface area (Å²) in [6.07, 6.45) is 5.80. The van der Waals surface area contributed by atoms with Gasteiger partial charge in [-0.15, -0.1) is 0 Å². The number of rotatable bonds is 2. The summed E-state index contributed by atoms with van der Waals surface area (Å²) < 4.78 is 0. The van der Waals surface area contributed by atoms with Gasteiger partial charge in [0.25, 0.3) is 0 Å². The number of nitrogens with one attached hydrogen (secondary N) is 2. The number of carbonyl (C=O) groups excluding carboxylic acids is 1. The highest BCUT2D eigenvalue weighted by molar-refractivity contribution is 5.82. The van der Waals surface area contributed by atoms with E-state index in [1.807, 2.05) is 0 Å². The zero-order valence-corrected chi connectivity index (χ0v) is 11.4. The highest BCUT2D eigenvalue weighted by Gasteiger charge is 2.32. The topological polar surface area (TPSA) is 41.1 Å². The highest BCUT2D eigenvalue weighted by Crippen LogP contribution is 2.35. The molecular weight excluding hydrogens is 212 g/mol. The molecule has 1 saturated heterocycles. The van der Waals surface area contributed by atoms with Crippen LogP contribution >= 0.6 is 0 Å². The Morgan fingerprint density at radius 2 is 2.18 bits per heavy atom. The summed E-state index contributed by atoms with van der Waals surface area (Å²) in [6, 6.07) is 0.444. The van der Waals surface area contributed by atoms with Gasteiger partial charge in [0, 0.05) is 6.04 Å². The first kappa shape index (κ1) is 12.9. The molecule has 2 rings (SSSR count). The van der Waals surface area contributed by atoms with Gasteiger partial charge in [0.2, 0.25) is 5.91 Å². The van der Waals surface area contributed by atoms with E-state index < -0.39 is 0 Å². The van der Waals surface area contributed by atoms with Crippen molar-refractivity contribution in [2.24, 2.45) is 11.3 Å². The monoisotopic (exact) mass is 238 g/mol. The fourth-order valence-corrected chi connectivity index (χ4v) is 3.24. The highest BCUT2D eigenvalue weighted by atomic mass is 16.2. The zero-order valence-electron chi connectivity index (χ0n) is 11.4. The first-order valence-corrected chi connectivity index (χ1v) is 7.00. The van der Waals surface area contributed by atoms with E-state index in [0.29, 0.717) is 17.4 Å². The quantitative estimate of drug-likeness (QED) is 0.773. The second kappa shape index (κ2) is 4.97. The Balaban J connectivity index is 1.82. The fourth-order valence-electron chi connectivity index (χ4n) is 3.24. The van der Waals surface area contributed by atoms with E-state index in [2.05, 4.69) is 31.4 Å². The molecular formula is C14H26N2O. The normalized spacial score (nSPS) is 36.8.